The summed E-state index contributed by atoms with van der Waals surface area (Å²) in [6, 6.07) is 0.910. The summed E-state index contributed by atoms with van der Waals surface area (Å²) in [5.41, 5.74) is 8.66. The summed E-state index contributed by atoms with van der Waals surface area (Å²) in [6.07, 6.45) is 7.80. The number of aromatic nitrogens is 2. The fraction of sp³-hybridized carbons (Fsp3) is 0.750. The Bertz CT molecular complexity index is 382. The van der Waals surface area contributed by atoms with Gasteiger partial charge in [0.15, 0.2) is 0 Å². The number of fused-ring (bicyclic) bond motifs is 1. The maximum Gasteiger partial charge on any atom is 0.0954 e. The lowest BCUT2D eigenvalue weighted by atomic mass is 9.88. The summed E-state index contributed by atoms with van der Waals surface area (Å²) < 4.78 is 7.66. The number of hydrogen-bond acceptors (Lipinski definition) is 3. The van der Waals surface area contributed by atoms with Gasteiger partial charge in [-0.3, -0.25) is 0 Å². The van der Waals surface area contributed by atoms with Crippen molar-refractivity contribution in [2.75, 3.05) is 7.11 Å². The first-order valence-electron chi connectivity index (χ1n) is 6.11. The average molecular weight is 221 g/mol. The lowest BCUT2D eigenvalue weighted by Crippen LogP contribution is -2.35. The van der Waals surface area contributed by atoms with E-state index < -0.39 is 0 Å². The van der Waals surface area contributed by atoms with E-state index in [2.05, 4.69) is 9.55 Å². The Morgan fingerprint density at radius 3 is 3.06 bits per heavy atom. The summed E-state index contributed by atoms with van der Waals surface area (Å²) in [5, 5.41) is 0. The van der Waals surface area contributed by atoms with E-state index in [-0.39, 0.29) is 0 Å². The smallest absolute Gasteiger partial charge is 0.0954 e. The van der Waals surface area contributed by atoms with Crippen LogP contribution < -0.4 is 5.73 Å². The summed E-state index contributed by atoms with van der Waals surface area (Å²) in [5.74, 6) is 0. The van der Waals surface area contributed by atoms with Crippen molar-refractivity contribution in [2.24, 2.45) is 5.73 Å². The van der Waals surface area contributed by atoms with Crippen LogP contribution in [0.3, 0.4) is 0 Å². The topological polar surface area (TPSA) is 53.1 Å². The van der Waals surface area contributed by atoms with E-state index >= 15 is 0 Å². The molecular formula is C12H19N3O. The second-order valence-electron chi connectivity index (χ2n) is 5.03. The highest BCUT2D eigenvalue weighted by molar-refractivity contribution is 5.20. The van der Waals surface area contributed by atoms with Crippen LogP contribution in [-0.2, 0) is 17.6 Å². The van der Waals surface area contributed by atoms with Gasteiger partial charge in [0.1, 0.15) is 0 Å². The molecule has 4 heteroatoms. The van der Waals surface area contributed by atoms with Crippen LogP contribution in [0.25, 0.3) is 0 Å². The van der Waals surface area contributed by atoms with Crippen molar-refractivity contribution in [1.29, 1.82) is 0 Å². The molecule has 0 aliphatic heterocycles. The molecule has 0 saturated heterocycles. The second kappa shape index (κ2) is 3.86. The van der Waals surface area contributed by atoms with Crippen LogP contribution >= 0.6 is 0 Å². The first-order valence-corrected chi connectivity index (χ1v) is 6.11. The zero-order valence-corrected chi connectivity index (χ0v) is 9.72. The molecule has 2 aliphatic rings. The van der Waals surface area contributed by atoms with Gasteiger partial charge in [-0.05, 0) is 25.7 Å². The van der Waals surface area contributed by atoms with Crippen LogP contribution in [0.1, 0.15) is 36.7 Å². The zero-order chi connectivity index (χ0) is 11.1. The molecule has 0 amide bonds. The Morgan fingerprint density at radius 2 is 2.31 bits per heavy atom. The van der Waals surface area contributed by atoms with Gasteiger partial charge in [-0.25, -0.2) is 4.98 Å². The Morgan fingerprint density at radius 1 is 1.50 bits per heavy atom. The summed E-state index contributed by atoms with van der Waals surface area (Å²) in [7, 11) is 1.79. The van der Waals surface area contributed by atoms with Crippen LogP contribution in [0.5, 0.6) is 0 Å². The first kappa shape index (κ1) is 10.3. The van der Waals surface area contributed by atoms with Gasteiger partial charge in [0, 0.05) is 31.3 Å². The predicted molar refractivity (Wildman–Crippen MR) is 61.3 cm³/mol. The van der Waals surface area contributed by atoms with Gasteiger partial charge in [-0.2, -0.15) is 0 Å². The van der Waals surface area contributed by atoms with Crippen molar-refractivity contribution in [3.8, 4) is 0 Å². The fourth-order valence-electron chi connectivity index (χ4n) is 2.80. The van der Waals surface area contributed by atoms with Crippen molar-refractivity contribution in [3.05, 3.63) is 17.7 Å². The molecule has 0 aromatic carbocycles. The number of hydrogen-bond donors (Lipinski definition) is 1. The molecule has 1 atom stereocenters. The van der Waals surface area contributed by atoms with Crippen LogP contribution in [0.4, 0.5) is 0 Å². The van der Waals surface area contributed by atoms with E-state index in [9.17, 15) is 0 Å². The Balaban J connectivity index is 1.79. The van der Waals surface area contributed by atoms with Gasteiger partial charge >= 0.3 is 0 Å². The number of aryl methyl sites for hydroxylation is 1. The third kappa shape index (κ3) is 1.57. The average Bonchev–Trinajstić information content (AvgIpc) is 2.60. The maximum atomic E-state index is 6.02. The van der Waals surface area contributed by atoms with E-state index in [1.54, 1.807) is 7.11 Å². The molecule has 88 valence electrons. The van der Waals surface area contributed by atoms with Crippen LogP contribution in [-0.4, -0.2) is 28.8 Å². The van der Waals surface area contributed by atoms with Crippen LogP contribution in [0.15, 0.2) is 6.33 Å². The van der Waals surface area contributed by atoms with Gasteiger partial charge < -0.3 is 15.0 Å². The van der Waals surface area contributed by atoms with Gasteiger partial charge in [-0.15, -0.1) is 0 Å². The fourth-order valence-corrected chi connectivity index (χ4v) is 2.80. The predicted octanol–water partition coefficient (Wildman–Crippen LogP) is 1.05. The van der Waals surface area contributed by atoms with Crippen LogP contribution in [0, 0.1) is 0 Å². The molecule has 0 unspecified atom stereocenters. The normalized spacial score (nSPS) is 33.2. The monoisotopic (exact) mass is 221 g/mol. The van der Waals surface area contributed by atoms with Crippen molar-refractivity contribution in [3.63, 3.8) is 0 Å². The van der Waals surface area contributed by atoms with Gasteiger partial charge in [-0.1, -0.05) is 0 Å². The van der Waals surface area contributed by atoms with Gasteiger partial charge in [0.05, 0.1) is 18.1 Å². The number of imidazole rings is 1. The van der Waals surface area contributed by atoms with Crippen molar-refractivity contribution < 1.29 is 4.74 Å². The molecule has 1 fully saturated rings. The first-order chi connectivity index (χ1) is 7.78. The van der Waals surface area contributed by atoms with Crippen LogP contribution in [0.2, 0.25) is 0 Å². The molecule has 1 aromatic rings. The third-order valence-electron chi connectivity index (χ3n) is 3.99. The minimum Gasteiger partial charge on any atom is -0.381 e. The van der Waals surface area contributed by atoms with Crippen molar-refractivity contribution >= 4 is 0 Å². The standard InChI is InChI=1S/C12H19N3O/c1-16-10-5-9(6-10)15-7-14-11-3-2-8(13)4-12(11)15/h7-10H,2-6,13H2,1H3/t8-,9?,10?/m1/s1. The quantitative estimate of drug-likeness (QED) is 0.812. The van der Waals surface area contributed by atoms with E-state index in [4.69, 9.17) is 10.5 Å². The molecule has 1 saturated carbocycles. The van der Waals surface area contributed by atoms with E-state index in [1.165, 1.54) is 11.4 Å². The summed E-state index contributed by atoms with van der Waals surface area (Å²) in [4.78, 5) is 4.51. The molecule has 1 heterocycles. The summed E-state index contributed by atoms with van der Waals surface area (Å²) in [6.45, 7) is 0. The lowest BCUT2D eigenvalue weighted by Gasteiger charge is -2.36. The molecule has 0 radical (unpaired) electrons. The molecule has 0 spiro atoms. The van der Waals surface area contributed by atoms with Gasteiger partial charge in [0.25, 0.3) is 0 Å². The lowest BCUT2D eigenvalue weighted by molar-refractivity contribution is 0.00529. The SMILES string of the molecule is COC1CC(n2cnc3c2C[C@H](N)CC3)C1. The molecular weight excluding hydrogens is 202 g/mol. The number of nitrogens with zero attached hydrogens (tertiary/aromatic N) is 2. The highest BCUT2D eigenvalue weighted by Gasteiger charge is 2.33. The third-order valence-corrected chi connectivity index (χ3v) is 3.99. The van der Waals surface area contributed by atoms with E-state index in [1.807, 2.05) is 6.33 Å². The summed E-state index contributed by atoms with van der Waals surface area (Å²) >= 11 is 0. The van der Waals surface area contributed by atoms with Crippen molar-refractivity contribution in [2.45, 2.75) is 50.3 Å². The highest BCUT2D eigenvalue weighted by Crippen LogP contribution is 2.36. The van der Waals surface area contributed by atoms with E-state index in [0.29, 0.717) is 18.2 Å². The Hall–Kier alpha value is -0.870. The number of rotatable bonds is 2. The van der Waals surface area contributed by atoms with E-state index in [0.717, 1.165) is 32.1 Å². The molecule has 2 aliphatic carbocycles. The number of ether oxygens (including phenoxy) is 1. The molecule has 3 rings (SSSR count). The molecule has 4 nitrogen and oxygen atoms in total. The second-order valence-corrected chi connectivity index (χ2v) is 5.03. The molecule has 1 aromatic heterocycles. The maximum absolute atomic E-state index is 6.02. The van der Waals surface area contributed by atoms with Gasteiger partial charge in [0.2, 0.25) is 0 Å². The minimum absolute atomic E-state index is 0.321. The molecule has 0 bridgehead atoms. The Kier molecular flexibility index (Phi) is 2.48. The molecule has 2 N–H and O–H groups in total. The van der Waals surface area contributed by atoms with Crippen molar-refractivity contribution in [1.82, 2.24) is 9.55 Å². The number of nitrogens with two attached hydrogens (primary N) is 1. The number of methoxy groups -OCH3 is 1. The Labute approximate surface area is 95.8 Å². The molecule has 16 heavy (non-hydrogen) atoms. The largest absolute Gasteiger partial charge is 0.381 e. The zero-order valence-electron chi connectivity index (χ0n) is 9.72. The highest BCUT2D eigenvalue weighted by atomic mass is 16.5. The minimum atomic E-state index is 0.321.